The third-order valence-corrected chi connectivity index (χ3v) is 4.11. The number of ether oxygens (including phenoxy) is 2. The lowest BCUT2D eigenvalue weighted by atomic mass is 10.2. The SMILES string of the molecule is COc1ccccc1-c1nc(C#N)c(NCCCN2CCOCC2)o1. The summed E-state index contributed by atoms with van der Waals surface area (Å²) in [5.74, 6) is 1.45. The molecule has 1 N–H and O–H groups in total. The van der Waals surface area contributed by atoms with Crippen molar-refractivity contribution in [3.8, 4) is 23.3 Å². The Kier molecular flexibility index (Phi) is 5.88. The van der Waals surface area contributed by atoms with E-state index in [2.05, 4.69) is 21.3 Å². The van der Waals surface area contributed by atoms with E-state index in [1.165, 1.54) is 0 Å². The van der Waals surface area contributed by atoms with Crippen molar-refractivity contribution in [2.45, 2.75) is 6.42 Å². The lowest BCUT2D eigenvalue weighted by Gasteiger charge is -2.26. The smallest absolute Gasteiger partial charge is 0.233 e. The zero-order valence-electron chi connectivity index (χ0n) is 14.3. The summed E-state index contributed by atoms with van der Waals surface area (Å²) in [6.45, 7) is 5.26. The Hall–Kier alpha value is -2.56. The molecule has 1 aromatic carbocycles. The molecule has 0 amide bonds. The van der Waals surface area contributed by atoms with Crippen LogP contribution >= 0.6 is 0 Å². The molecule has 1 aromatic heterocycles. The largest absolute Gasteiger partial charge is 0.496 e. The first-order chi connectivity index (χ1) is 12.3. The Balaban J connectivity index is 1.62. The molecule has 0 bridgehead atoms. The molecule has 1 fully saturated rings. The van der Waals surface area contributed by atoms with Crippen molar-refractivity contribution in [1.82, 2.24) is 9.88 Å². The van der Waals surface area contributed by atoms with E-state index in [0.717, 1.165) is 44.8 Å². The highest BCUT2D eigenvalue weighted by Crippen LogP contribution is 2.31. The number of para-hydroxylation sites is 1. The number of nitrogens with one attached hydrogen (secondary N) is 1. The first-order valence-corrected chi connectivity index (χ1v) is 8.40. The monoisotopic (exact) mass is 342 g/mol. The standard InChI is InChI=1S/C18H22N4O3/c1-23-16-6-3-2-5-14(16)17-21-15(13-19)18(25-17)20-7-4-8-22-9-11-24-12-10-22/h2-3,5-6,20H,4,7-12H2,1H3. The third-order valence-electron chi connectivity index (χ3n) is 4.11. The second kappa shape index (κ2) is 8.51. The van der Waals surface area contributed by atoms with Crippen molar-refractivity contribution in [3.63, 3.8) is 0 Å². The maximum atomic E-state index is 9.30. The minimum Gasteiger partial charge on any atom is -0.496 e. The number of hydrogen-bond donors (Lipinski definition) is 1. The van der Waals surface area contributed by atoms with Crippen molar-refractivity contribution in [2.24, 2.45) is 0 Å². The zero-order chi connectivity index (χ0) is 17.5. The number of morpholine rings is 1. The molecule has 0 aliphatic carbocycles. The summed E-state index contributed by atoms with van der Waals surface area (Å²) in [7, 11) is 1.60. The number of rotatable bonds is 7. The first-order valence-electron chi connectivity index (χ1n) is 8.40. The molecule has 1 aliphatic heterocycles. The molecule has 0 radical (unpaired) electrons. The van der Waals surface area contributed by atoms with E-state index in [9.17, 15) is 5.26 Å². The second-order valence-corrected chi connectivity index (χ2v) is 5.74. The van der Waals surface area contributed by atoms with Gasteiger partial charge in [0.2, 0.25) is 17.5 Å². The van der Waals surface area contributed by atoms with Gasteiger partial charge in [0.05, 0.1) is 25.9 Å². The van der Waals surface area contributed by atoms with E-state index >= 15 is 0 Å². The van der Waals surface area contributed by atoms with Crippen LogP contribution in [0.2, 0.25) is 0 Å². The van der Waals surface area contributed by atoms with E-state index in [1.807, 2.05) is 24.3 Å². The molecule has 3 rings (SSSR count). The predicted molar refractivity (Wildman–Crippen MR) is 93.6 cm³/mol. The molecule has 0 unspecified atom stereocenters. The Bertz CT molecular complexity index is 732. The van der Waals surface area contributed by atoms with Gasteiger partial charge in [-0.1, -0.05) is 12.1 Å². The number of hydrogen-bond acceptors (Lipinski definition) is 7. The molecule has 0 spiro atoms. The summed E-state index contributed by atoms with van der Waals surface area (Å²) in [4.78, 5) is 6.65. The van der Waals surface area contributed by atoms with Gasteiger partial charge in [0.15, 0.2) is 0 Å². The number of aromatic nitrogens is 1. The lowest BCUT2D eigenvalue weighted by Crippen LogP contribution is -2.37. The van der Waals surface area contributed by atoms with Crippen molar-refractivity contribution >= 4 is 5.88 Å². The topological polar surface area (TPSA) is 83.5 Å². The summed E-state index contributed by atoms with van der Waals surface area (Å²) in [5.41, 5.74) is 0.982. The molecule has 25 heavy (non-hydrogen) atoms. The molecule has 7 nitrogen and oxygen atoms in total. The van der Waals surface area contributed by atoms with Crippen LogP contribution in [0.5, 0.6) is 5.75 Å². The van der Waals surface area contributed by atoms with Crippen LogP contribution in [-0.4, -0.2) is 56.4 Å². The summed E-state index contributed by atoms with van der Waals surface area (Å²) >= 11 is 0. The predicted octanol–water partition coefficient (Wildman–Crippen LogP) is 2.36. The fourth-order valence-electron chi connectivity index (χ4n) is 2.78. The van der Waals surface area contributed by atoms with E-state index < -0.39 is 0 Å². The molecular weight excluding hydrogens is 320 g/mol. The van der Waals surface area contributed by atoms with Crippen molar-refractivity contribution < 1.29 is 13.9 Å². The van der Waals surface area contributed by atoms with Crippen LogP contribution in [0, 0.1) is 11.3 Å². The Morgan fingerprint density at radius 1 is 1.32 bits per heavy atom. The molecule has 0 saturated carbocycles. The highest BCUT2D eigenvalue weighted by atomic mass is 16.5. The van der Waals surface area contributed by atoms with Gasteiger partial charge in [-0.05, 0) is 25.1 Å². The molecule has 7 heteroatoms. The van der Waals surface area contributed by atoms with Gasteiger partial charge in [-0.25, -0.2) is 0 Å². The van der Waals surface area contributed by atoms with E-state index in [4.69, 9.17) is 13.9 Å². The number of nitrogens with zero attached hydrogens (tertiary/aromatic N) is 3. The van der Waals surface area contributed by atoms with Gasteiger partial charge < -0.3 is 19.2 Å². The maximum absolute atomic E-state index is 9.30. The van der Waals surface area contributed by atoms with Gasteiger partial charge in [0.1, 0.15) is 11.8 Å². The van der Waals surface area contributed by atoms with E-state index in [-0.39, 0.29) is 5.69 Å². The molecule has 2 heterocycles. The molecule has 2 aromatic rings. The quantitative estimate of drug-likeness (QED) is 0.773. The fraction of sp³-hybridized carbons (Fsp3) is 0.444. The maximum Gasteiger partial charge on any atom is 0.233 e. The highest BCUT2D eigenvalue weighted by Gasteiger charge is 2.17. The van der Waals surface area contributed by atoms with Gasteiger partial charge in [0, 0.05) is 19.6 Å². The highest BCUT2D eigenvalue weighted by molar-refractivity contribution is 5.65. The van der Waals surface area contributed by atoms with E-state index in [1.54, 1.807) is 7.11 Å². The van der Waals surface area contributed by atoms with Crippen LogP contribution in [0.4, 0.5) is 5.88 Å². The van der Waals surface area contributed by atoms with Crippen molar-refractivity contribution in [3.05, 3.63) is 30.0 Å². The van der Waals surface area contributed by atoms with Gasteiger partial charge in [0.25, 0.3) is 0 Å². The van der Waals surface area contributed by atoms with Gasteiger partial charge in [-0.3, -0.25) is 4.90 Å². The summed E-state index contributed by atoms with van der Waals surface area (Å²) < 4.78 is 16.4. The van der Waals surface area contributed by atoms with Gasteiger partial charge >= 0.3 is 0 Å². The Morgan fingerprint density at radius 3 is 2.88 bits per heavy atom. The molecule has 1 aliphatic rings. The van der Waals surface area contributed by atoms with Crippen molar-refractivity contribution in [2.75, 3.05) is 51.8 Å². The number of methoxy groups -OCH3 is 1. The zero-order valence-corrected chi connectivity index (χ0v) is 14.3. The first kappa shape index (κ1) is 17.3. The van der Waals surface area contributed by atoms with Crippen LogP contribution < -0.4 is 10.1 Å². The van der Waals surface area contributed by atoms with E-state index in [0.29, 0.717) is 24.1 Å². The number of nitriles is 1. The third kappa shape index (κ3) is 4.29. The van der Waals surface area contributed by atoms with Crippen LogP contribution in [0.15, 0.2) is 28.7 Å². The summed E-state index contributed by atoms with van der Waals surface area (Å²) in [6, 6.07) is 9.52. The fourth-order valence-corrected chi connectivity index (χ4v) is 2.78. The second-order valence-electron chi connectivity index (χ2n) is 5.74. The average molecular weight is 342 g/mol. The Morgan fingerprint density at radius 2 is 2.12 bits per heavy atom. The Labute approximate surface area is 147 Å². The molecular formula is C18H22N4O3. The lowest BCUT2D eigenvalue weighted by molar-refractivity contribution is 0.0378. The summed E-state index contributed by atoms with van der Waals surface area (Å²) in [6.07, 6.45) is 0.954. The van der Waals surface area contributed by atoms with Crippen LogP contribution in [-0.2, 0) is 4.74 Å². The van der Waals surface area contributed by atoms with Crippen LogP contribution in [0.25, 0.3) is 11.5 Å². The van der Waals surface area contributed by atoms with Crippen molar-refractivity contribution in [1.29, 1.82) is 5.26 Å². The van der Waals surface area contributed by atoms with Crippen LogP contribution in [0.3, 0.4) is 0 Å². The number of benzene rings is 1. The minimum atomic E-state index is 0.257. The molecule has 0 atom stereocenters. The normalized spacial score (nSPS) is 14.9. The summed E-state index contributed by atoms with van der Waals surface area (Å²) in [5, 5.41) is 12.5. The van der Waals surface area contributed by atoms with Gasteiger partial charge in [-0.2, -0.15) is 10.2 Å². The molecule has 132 valence electrons. The molecule has 1 saturated heterocycles. The van der Waals surface area contributed by atoms with Crippen LogP contribution in [0.1, 0.15) is 12.1 Å². The average Bonchev–Trinajstić information content (AvgIpc) is 3.09. The minimum absolute atomic E-state index is 0.257. The number of oxazole rings is 1. The number of anilines is 1. The van der Waals surface area contributed by atoms with Gasteiger partial charge in [-0.15, -0.1) is 0 Å².